The first kappa shape index (κ1) is 6.91. The van der Waals surface area contributed by atoms with Gasteiger partial charge in [0.15, 0.2) is 0 Å². The molecular formula is C3H10NO2S+. The number of nitrogens with zero attached hydrogens (tertiary/aromatic N) is 1. The van der Waals surface area contributed by atoms with E-state index in [1.165, 1.54) is 0 Å². The molecular weight excluding hydrogens is 114 g/mol. The molecule has 3 nitrogen and oxygen atoms in total. The molecule has 0 rings (SSSR count). The van der Waals surface area contributed by atoms with Crippen LogP contribution in [0.25, 0.3) is 0 Å². The first-order chi connectivity index (χ1) is 2.94. The average Bonchev–Trinajstić information content (AvgIpc) is 1.31. The van der Waals surface area contributed by atoms with E-state index in [-0.39, 0.29) is 3.89 Å². The third-order valence-electron chi connectivity index (χ3n) is 0.490. The highest BCUT2D eigenvalue weighted by Gasteiger charge is 2.06. The van der Waals surface area contributed by atoms with Crippen LogP contribution in [0.1, 0.15) is 0 Å². The van der Waals surface area contributed by atoms with Crippen LogP contribution in [0.4, 0.5) is 0 Å². The van der Waals surface area contributed by atoms with Gasteiger partial charge in [-0.15, -0.1) is 0 Å². The summed E-state index contributed by atoms with van der Waals surface area (Å²) in [4.78, 5) is 0. The highest BCUT2D eigenvalue weighted by molar-refractivity contribution is 7.66. The van der Waals surface area contributed by atoms with E-state index in [1.54, 1.807) is 21.1 Å². The van der Waals surface area contributed by atoms with Crippen LogP contribution in [-0.2, 0) is 10.9 Å². The molecule has 0 saturated carbocycles. The molecule has 7 heavy (non-hydrogen) atoms. The van der Waals surface area contributed by atoms with Gasteiger partial charge in [0, 0.05) is 0 Å². The SMILES string of the molecule is C[N+](C)(C)[SH](=O)=O. The van der Waals surface area contributed by atoms with Crippen LogP contribution < -0.4 is 0 Å². The van der Waals surface area contributed by atoms with Gasteiger partial charge in [-0.3, -0.25) is 0 Å². The molecule has 44 valence electrons. The van der Waals surface area contributed by atoms with Gasteiger partial charge in [0.1, 0.15) is 0 Å². The van der Waals surface area contributed by atoms with Crippen molar-refractivity contribution in [3.05, 3.63) is 0 Å². The van der Waals surface area contributed by atoms with Crippen molar-refractivity contribution in [1.29, 1.82) is 0 Å². The van der Waals surface area contributed by atoms with Crippen molar-refractivity contribution < 1.29 is 12.3 Å². The molecule has 0 aliphatic heterocycles. The number of hydrogen-bond acceptors (Lipinski definition) is 2. The van der Waals surface area contributed by atoms with Crippen molar-refractivity contribution in [2.45, 2.75) is 0 Å². The molecule has 0 radical (unpaired) electrons. The number of rotatable bonds is 1. The maximum atomic E-state index is 10.0. The highest BCUT2D eigenvalue weighted by Crippen LogP contribution is 1.85. The largest absolute Gasteiger partial charge is 0.286 e. The van der Waals surface area contributed by atoms with E-state index in [2.05, 4.69) is 0 Å². The van der Waals surface area contributed by atoms with Gasteiger partial charge in [0.25, 0.3) is 10.9 Å². The van der Waals surface area contributed by atoms with E-state index in [4.69, 9.17) is 0 Å². The van der Waals surface area contributed by atoms with Crippen LogP contribution in [0.2, 0.25) is 0 Å². The minimum atomic E-state index is -2.30. The predicted octanol–water partition coefficient (Wildman–Crippen LogP) is -0.781. The zero-order valence-electron chi connectivity index (χ0n) is 4.71. The van der Waals surface area contributed by atoms with Crippen LogP contribution in [0.3, 0.4) is 0 Å². The topological polar surface area (TPSA) is 34.1 Å². The molecule has 0 fully saturated rings. The van der Waals surface area contributed by atoms with E-state index >= 15 is 0 Å². The Labute approximate surface area is 45.2 Å². The van der Waals surface area contributed by atoms with Gasteiger partial charge in [0.2, 0.25) is 0 Å². The van der Waals surface area contributed by atoms with Crippen molar-refractivity contribution in [3.8, 4) is 0 Å². The Kier molecular flexibility index (Phi) is 1.77. The van der Waals surface area contributed by atoms with Crippen LogP contribution in [0.15, 0.2) is 0 Å². The quantitative estimate of drug-likeness (QED) is 0.367. The first-order valence-corrected chi connectivity index (χ1v) is 3.04. The van der Waals surface area contributed by atoms with E-state index in [9.17, 15) is 8.42 Å². The summed E-state index contributed by atoms with van der Waals surface area (Å²) in [5.41, 5.74) is 0. The summed E-state index contributed by atoms with van der Waals surface area (Å²) in [6, 6.07) is 0. The molecule has 0 amide bonds. The van der Waals surface area contributed by atoms with Crippen molar-refractivity contribution in [2.24, 2.45) is 0 Å². The molecule has 0 spiro atoms. The molecule has 0 atom stereocenters. The Morgan fingerprint density at radius 1 is 1.14 bits per heavy atom. The van der Waals surface area contributed by atoms with Crippen molar-refractivity contribution >= 4 is 10.9 Å². The number of quaternary nitrogens is 1. The summed E-state index contributed by atoms with van der Waals surface area (Å²) in [5, 5.41) is 0. The van der Waals surface area contributed by atoms with Gasteiger partial charge in [-0.2, -0.15) is 8.42 Å². The number of hydrogen-bond donors (Lipinski definition) is 1. The van der Waals surface area contributed by atoms with Gasteiger partial charge in [-0.1, -0.05) is 0 Å². The average molecular weight is 124 g/mol. The summed E-state index contributed by atoms with van der Waals surface area (Å²) in [6.07, 6.45) is 0. The van der Waals surface area contributed by atoms with E-state index < -0.39 is 10.9 Å². The summed E-state index contributed by atoms with van der Waals surface area (Å²) < 4.78 is 20.1. The standard InChI is InChI=1S/C3H10NO2S/c1-4(2,3)7(5)6/h7H,1-3H3/q+1. The summed E-state index contributed by atoms with van der Waals surface area (Å²) in [6.45, 7) is 0. The molecule has 0 aromatic carbocycles. The van der Waals surface area contributed by atoms with Crippen LogP contribution in [0, 0.1) is 0 Å². The molecule has 0 aromatic heterocycles. The lowest BCUT2D eigenvalue weighted by molar-refractivity contribution is -0.734. The van der Waals surface area contributed by atoms with Gasteiger partial charge in [-0.25, -0.2) is 3.89 Å². The van der Waals surface area contributed by atoms with Gasteiger partial charge in [-0.05, 0) is 0 Å². The second kappa shape index (κ2) is 1.79. The molecule has 0 aliphatic rings. The fourth-order valence-corrected chi connectivity index (χ4v) is 0. The summed E-state index contributed by atoms with van der Waals surface area (Å²) in [7, 11) is 2.50. The van der Waals surface area contributed by atoms with Gasteiger partial charge < -0.3 is 0 Å². The maximum absolute atomic E-state index is 10.0. The van der Waals surface area contributed by atoms with Crippen molar-refractivity contribution in [1.82, 2.24) is 0 Å². The Bertz CT molecular complexity index is 113. The molecule has 0 aromatic rings. The maximum Gasteiger partial charge on any atom is 0.286 e. The van der Waals surface area contributed by atoms with Crippen molar-refractivity contribution in [2.75, 3.05) is 21.1 Å². The predicted molar refractivity (Wildman–Crippen MR) is 28.3 cm³/mol. The third kappa shape index (κ3) is 2.59. The van der Waals surface area contributed by atoms with Crippen LogP contribution in [0.5, 0.6) is 0 Å². The Hall–Kier alpha value is -0.0900. The molecule has 0 saturated heterocycles. The molecule has 0 N–H and O–H groups in total. The normalized spacial score (nSPS) is 12.6. The Morgan fingerprint density at radius 2 is 1.29 bits per heavy atom. The first-order valence-electron chi connectivity index (χ1n) is 1.91. The van der Waals surface area contributed by atoms with Crippen LogP contribution in [-0.4, -0.2) is 33.4 Å². The van der Waals surface area contributed by atoms with Gasteiger partial charge in [0.05, 0.1) is 21.1 Å². The fourth-order valence-electron chi connectivity index (χ4n) is 0. The van der Waals surface area contributed by atoms with Gasteiger partial charge >= 0.3 is 0 Å². The molecule has 0 bridgehead atoms. The second-order valence-corrected chi connectivity index (χ2v) is 3.86. The Balaban J connectivity index is 4.08. The third-order valence-corrected chi connectivity index (χ3v) is 1.47. The lowest BCUT2D eigenvalue weighted by atomic mass is 11.0. The molecule has 0 heterocycles. The van der Waals surface area contributed by atoms with Crippen LogP contribution >= 0.6 is 0 Å². The zero-order chi connectivity index (χ0) is 6.08. The number of thiol groups is 1. The summed E-state index contributed by atoms with van der Waals surface area (Å²) in [5.74, 6) is 0. The lowest BCUT2D eigenvalue weighted by Crippen LogP contribution is -2.31. The zero-order valence-corrected chi connectivity index (χ0v) is 5.61. The second-order valence-electron chi connectivity index (χ2n) is 2.18. The Morgan fingerprint density at radius 3 is 1.29 bits per heavy atom. The van der Waals surface area contributed by atoms with E-state index in [0.717, 1.165) is 0 Å². The molecule has 0 unspecified atom stereocenters. The van der Waals surface area contributed by atoms with E-state index in [0.29, 0.717) is 0 Å². The monoisotopic (exact) mass is 124 g/mol. The molecule has 0 aliphatic carbocycles. The smallest absolute Gasteiger partial charge is 0.228 e. The summed E-state index contributed by atoms with van der Waals surface area (Å²) >= 11 is 0. The fraction of sp³-hybridized carbons (Fsp3) is 1.00. The molecule has 4 heteroatoms. The van der Waals surface area contributed by atoms with E-state index in [1.807, 2.05) is 0 Å². The van der Waals surface area contributed by atoms with Crippen molar-refractivity contribution in [3.63, 3.8) is 0 Å². The highest BCUT2D eigenvalue weighted by atomic mass is 32.2. The minimum absolute atomic E-state index is 0.00926. The lowest BCUT2D eigenvalue weighted by Gasteiger charge is -2.12. The minimum Gasteiger partial charge on any atom is -0.228 e.